The number of amides is 2. The molecule has 0 bridgehead atoms. The van der Waals surface area contributed by atoms with E-state index < -0.39 is 17.1 Å². The summed E-state index contributed by atoms with van der Waals surface area (Å²) >= 11 is 0. The number of ether oxygens (including phenoxy) is 1. The summed E-state index contributed by atoms with van der Waals surface area (Å²) in [4.78, 5) is 30.2. The number of carbonyl (C=O) groups is 2. The maximum atomic E-state index is 13.1. The summed E-state index contributed by atoms with van der Waals surface area (Å²) in [6, 6.07) is 22.1. The Morgan fingerprint density at radius 3 is 2.15 bits per heavy atom. The van der Waals surface area contributed by atoms with Gasteiger partial charge in [-0.3, -0.25) is 19.3 Å². The van der Waals surface area contributed by atoms with Gasteiger partial charge in [0.05, 0.1) is 11.2 Å². The van der Waals surface area contributed by atoms with Crippen molar-refractivity contribution < 1.29 is 18.7 Å². The number of pyridine rings is 1. The van der Waals surface area contributed by atoms with Crippen LogP contribution in [0.1, 0.15) is 12.8 Å². The van der Waals surface area contributed by atoms with E-state index in [1.165, 1.54) is 24.3 Å². The molecule has 1 fully saturated rings. The van der Waals surface area contributed by atoms with Gasteiger partial charge in [0.25, 0.3) is 0 Å². The lowest BCUT2D eigenvalue weighted by atomic mass is 10.0. The van der Waals surface area contributed by atoms with Crippen molar-refractivity contribution in [1.82, 2.24) is 14.8 Å². The molecule has 202 valence electrons. The lowest BCUT2D eigenvalue weighted by Crippen LogP contribution is -2.35. The smallest absolute Gasteiger partial charge is 0.240 e. The van der Waals surface area contributed by atoms with Gasteiger partial charge in [-0.25, -0.2) is 4.39 Å². The fraction of sp³-hybridized carbons (Fsp3) is 0.133. The monoisotopic (exact) mass is 557 g/mol. The topological polar surface area (TPSA) is 98.1 Å². The van der Waals surface area contributed by atoms with Crippen LogP contribution in [0.3, 0.4) is 0 Å². The van der Waals surface area contributed by atoms with Gasteiger partial charge in [0, 0.05) is 41.8 Å². The van der Waals surface area contributed by atoms with Crippen molar-refractivity contribution in [2.45, 2.75) is 12.8 Å². The number of hydrogen-bond acceptors (Lipinski definition) is 5. The van der Waals surface area contributed by atoms with E-state index in [4.69, 9.17) is 4.74 Å². The SMILES string of the molecule is Cl.Cn1ccc(-c2ccc3c(Oc4ccc(NC(=O)C5(C(=O)Nc6ccc(F)cc6)CC5)cc4)ccnc3c2)n1. The second-order valence-electron chi connectivity index (χ2n) is 9.54. The predicted molar refractivity (Wildman–Crippen MR) is 153 cm³/mol. The van der Waals surface area contributed by atoms with Gasteiger partial charge in [-0.1, -0.05) is 6.07 Å². The summed E-state index contributed by atoms with van der Waals surface area (Å²) in [7, 11) is 1.88. The molecule has 8 nitrogen and oxygen atoms in total. The van der Waals surface area contributed by atoms with Crippen LogP contribution in [0.25, 0.3) is 22.2 Å². The van der Waals surface area contributed by atoms with Crippen molar-refractivity contribution in [3.63, 3.8) is 0 Å². The van der Waals surface area contributed by atoms with E-state index in [0.717, 1.165) is 22.2 Å². The number of nitrogens with zero attached hydrogens (tertiary/aromatic N) is 3. The number of fused-ring (bicyclic) bond motifs is 1. The van der Waals surface area contributed by atoms with Gasteiger partial charge in [-0.15, -0.1) is 12.4 Å². The highest BCUT2D eigenvalue weighted by atomic mass is 35.5. The molecular weight excluding hydrogens is 533 g/mol. The first-order chi connectivity index (χ1) is 18.9. The third-order valence-corrected chi connectivity index (χ3v) is 6.77. The first kappa shape index (κ1) is 26.8. The minimum atomic E-state index is -1.13. The van der Waals surface area contributed by atoms with Crippen molar-refractivity contribution >= 4 is 46.5 Å². The van der Waals surface area contributed by atoms with Gasteiger partial charge in [0.15, 0.2) is 0 Å². The first-order valence-corrected chi connectivity index (χ1v) is 12.4. The van der Waals surface area contributed by atoms with E-state index in [1.807, 2.05) is 37.5 Å². The number of anilines is 2. The average molecular weight is 558 g/mol. The van der Waals surface area contributed by atoms with Gasteiger partial charge in [0.1, 0.15) is 22.7 Å². The zero-order valence-corrected chi connectivity index (χ0v) is 22.2. The first-order valence-electron chi connectivity index (χ1n) is 12.4. The van der Waals surface area contributed by atoms with Crippen LogP contribution >= 0.6 is 12.4 Å². The third-order valence-electron chi connectivity index (χ3n) is 6.77. The van der Waals surface area contributed by atoms with Gasteiger partial charge >= 0.3 is 0 Å². The number of aryl methyl sites for hydroxylation is 1. The molecule has 40 heavy (non-hydrogen) atoms. The van der Waals surface area contributed by atoms with Crippen LogP contribution in [-0.4, -0.2) is 26.6 Å². The number of halogens is 2. The molecule has 0 radical (unpaired) electrons. The summed E-state index contributed by atoms with van der Waals surface area (Å²) < 4.78 is 21.0. The summed E-state index contributed by atoms with van der Waals surface area (Å²) in [5.41, 5.74) is 2.48. The molecule has 0 unspecified atom stereocenters. The molecule has 0 saturated heterocycles. The molecule has 0 atom stereocenters. The molecule has 1 saturated carbocycles. The fourth-order valence-electron chi connectivity index (χ4n) is 4.39. The van der Waals surface area contributed by atoms with Gasteiger partial charge in [-0.2, -0.15) is 5.10 Å². The molecule has 2 N–H and O–H groups in total. The van der Waals surface area contributed by atoms with Crippen LogP contribution in [0.2, 0.25) is 0 Å². The van der Waals surface area contributed by atoms with E-state index in [0.29, 0.717) is 35.7 Å². The number of aromatic nitrogens is 3. The molecule has 2 amide bonds. The molecule has 3 aromatic carbocycles. The van der Waals surface area contributed by atoms with E-state index in [1.54, 1.807) is 41.2 Å². The predicted octanol–water partition coefficient (Wildman–Crippen LogP) is 6.35. The quantitative estimate of drug-likeness (QED) is 0.227. The van der Waals surface area contributed by atoms with Crippen molar-refractivity contribution in [3.05, 3.63) is 97.1 Å². The zero-order valence-electron chi connectivity index (χ0n) is 21.4. The Kier molecular flexibility index (Phi) is 7.23. The Morgan fingerprint density at radius 2 is 1.55 bits per heavy atom. The number of hydrogen-bond donors (Lipinski definition) is 2. The molecule has 1 aliphatic carbocycles. The maximum absolute atomic E-state index is 13.1. The Morgan fingerprint density at radius 1 is 0.900 bits per heavy atom. The van der Waals surface area contributed by atoms with E-state index >= 15 is 0 Å². The molecule has 2 heterocycles. The Hall–Kier alpha value is -4.76. The lowest BCUT2D eigenvalue weighted by molar-refractivity contribution is -0.131. The summed E-state index contributed by atoms with van der Waals surface area (Å²) in [5.74, 6) is 0.0661. The van der Waals surface area contributed by atoms with Crippen LogP contribution in [0.5, 0.6) is 11.5 Å². The van der Waals surface area contributed by atoms with Crippen LogP contribution in [0.15, 0.2) is 91.3 Å². The molecule has 1 aliphatic rings. The summed E-state index contributed by atoms with van der Waals surface area (Å²) in [5, 5.41) is 10.8. The zero-order chi connectivity index (χ0) is 27.0. The molecule has 10 heteroatoms. The molecule has 6 rings (SSSR count). The fourth-order valence-corrected chi connectivity index (χ4v) is 4.39. The van der Waals surface area contributed by atoms with Crippen molar-refractivity contribution in [2.24, 2.45) is 12.5 Å². The summed E-state index contributed by atoms with van der Waals surface area (Å²) in [6.45, 7) is 0. The number of benzene rings is 3. The van der Waals surface area contributed by atoms with E-state index in [-0.39, 0.29) is 18.3 Å². The third kappa shape index (κ3) is 5.37. The lowest BCUT2D eigenvalue weighted by Gasteiger charge is -2.16. The van der Waals surface area contributed by atoms with Crippen molar-refractivity contribution in [2.75, 3.05) is 10.6 Å². The van der Waals surface area contributed by atoms with Crippen molar-refractivity contribution in [3.8, 4) is 22.8 Å². The number of rotatable bonds is 7. The molecule has 0 spiro atoms. The Bertz CT molecular complexity index is 1700. The average Bonchev–Trinajstić information content (AvgIpc) is 3.65. The van der Waals surface area contributed by atoms with Crippen LogP contribution in [0, 0.1) is 11.2 Å². The van der Waals surface area contributed by atoms with E-state index in [9.17, 15) is 14.0 Å². The van der Waals surface area contributed by atoms with Crippen LogP contribution in [-0.2, 0) is 16.6 Å². The van der Waals surface area contributed by atoms with Crippen LogP contribution < -0.4 is 15.4 Å². The second kappa shape index (κ2) is 10.8. The Labute approximate surface area is 235 Å². The second-order valence-corrected chi connectivity index (χ2v) is 9.54. The number of carbonyl (C=O) groups excluding carboxylic acids is 2. The highest BCUT2D eigenvalue weighted by molar-refractivity contribution is 6.16. The maximum Gasteiger partial charge on any atom is 0.240 e. The standard InChI is InChI=1S/C30H24FN5O3.ClH/c1-36-17-13-25(35-36)19-2-11-24-26(18-19)32-16-12-27(24)39-23-9-7-22(8-10-23)34-29(38)30(14-15-30)28(37)33-21-5-3-20(31)4-6-21;/h2-13,16-18H,14-15H2,1H3,(H,33,37)(H,34,38);1H. The minimum Gasteiger partial charge on any atom is -0.457 e. The number of nitrogens with one attached hydrogen (secondary N) is 2. The van der Waals surface area contributed by atoms with Crippen LogP contribution in [0.4, 0.5) is 15.8 Å². The van der Waals surface area contributed by atoms with Gasteiger partial charge in [-0.05, 0) is 85.6 Å². The largest absolute Gasteiger partial charge is 0.457 e. The minimum absolute atomic E-state index is 0. The van der Waals surface area contributed by atoms with Gasteiger partial charge in [0.2, 0.25) is 11.8 Å². The highest BCUT2D eigenvalue weighted by Crippen LogP contribution is 2.47. The molecule has 2 aromatic heterocycles. The normalized spacial score (nSPS) is 13.2. The van der Waals surface area contributed by atoms with E-state index in [2.05, 4.69) is 20.7 Å². The van der Waals surface area contributed by atoms with Crippen molar-refractivity contribution in [1.29, 1.82) is 0 Å². The molecule has 0 aliphatic heterocycles. The molecular formula is C30H25ClFN5O3. The Balaban J connectivity index is 0.00000323. The molecule has 5 aromatic rings. The highest BCUT2D eigenvalue weighted by Gasteiger charge is 2.56. The summed E-state index contributed by atoms with van der Waals surface area (Å²) in [6.07, 6.45) is 4.49. The van der Waals surface area contributed by atoms with Gasteiger partial charge < -0.3 is 15.4 Å².